The van der Waals surface area contributed by atoms with E-state index in [0.717, 1.165) is 43.6 Å². The third-order valence-electron chi connectivity index (χ3n) is 3.82. The van der Waals surface area contributed by atoms with E-state index in [1.165, 1.54) is 0 Å². The van der Waals surface area contributed by atoms with Crippen molar-refractivity contribution >= 4 is 23.6 Å². The number of carbonyl (C=O) groups is 1. The molecule has 120 valence electrons. The van der Waals surface area contributed by atoms with Gasteiger partial charge in [0.2, 0.25) is 0 Å². The normalized spacial score (nSPS) is 16.9. The second-order valence-electron chi connectivity index (χ2n) is 5.57. The first-order valence-electron chi connectivity index (χ1n) is 7.64. The van der Waals surface area contributed by atoms with Gasteiger partial charge in [0.25, 0.3) is 5.24 Å². The van der Waals surface area contributed by atoms with Gasteiger partial charge in [0.05, 0.1) is 5.69 Å². The molecule has 0 bridgehead atoms. The number of benzene rings is 1. The van der Waals surface area contributed by atoms with Crippen LogP contribution in [0.15, 0.2) is 36.9 Å². The molecule has 22 heavy (non-hydrogen) atoms. The average Bonchev–Trinajstić information content (AvgIpc) is 2.85. The zero-order valence-electron chi connectivity index (χ0n) is 13.1. The number of hydrogen-bond acceptors (Lipinski definition) is 3. The van der Waals surface area contributed by atoms with Gasteiger partial charge in [0.1, 0.15) is 6.23 Å². The van der Waals surface area contributed by atoms with Crippen LogP contribution in [0.1, 0.15) is 18.4 Å². The zero-order valence-corrected chi connectivity index (χ0v) is 14.0. The number of thiol groups is 1. The molecule has 0 aromatic heterocycles. The van der Waals surface area contributed by atoms with E-state index in [9.17, 15) is 4.79 Å². The molecule has 1 aliphatic rings. The second kappa shape index (κ2) is 8.36. The molecule has 1 aromatic carbocycles. The van der Waals surface area contributed by atoms with Gasteiger partial charge < -0.3 is 9.64 Å². The summed E-state index contributed by atoms with van der Waals surface area (Å²) in [4.78, 5) is 15.6. The molecule has 1 amide bonds. The Morgan fingerprint density at radius 2 is 2.27 bits per heavy atom. The maximum atomic E-state index is 11.8. The van der Waals surface area contributed by atoms with Crippen molar-refractivity contribution in [2.24, 2.45) is 0 Å². The number of anilines is 1. The van der Waals surface area contributed by atoms with E-state index in [4.69, 9.17) is 4.74 Å². The summed E-state index contributed by atoms with van der Waals surface area (Å²) in [5.74, 6) is 0. The monoisotopic (exact) mass is 320 g/mol. The van der Waals surface area contributed by atoms with Gasteiger partial charge in [0, 0.05) is 19.6 Å². The van der Waals surface area contributed by atoms with Crippen LogP contribution in [-0.2, 0) is 11.2 Å². The molecule has 0 radical (unpaired) electrons. The third-order valence-corrected chi connectivity index (χ3v) is 4.04. The first-order chi connectivity index (χ1) is 10.6. The number of rotatable bonds is 8. The van der Waals surface area contributed by atoms with Crippen LogP contribution in [0.4, 0.5) is 10.5 Å². The Bertz CT molecular complexity index is 521. The van der Waals surface area contributed by atoms with E-state index in [1.807, 2.05) is 30.3 Å². The molecule has 0 saturated heterocycles. The third kappa shape index (κ3) is 4.35. The molecule has 0 aliphatic carbocycles. The molecule has 1 atom stereocenters. The molecule has 0 fully saturated rings. The standard InChI is InChI=1S/C17H24N2O2S/c1-3-10-18(2)11-6-7-12-21-16-13-14-8-4-5-9-15(14)19(16)17(20)22/h3-5,8-9,16H,1,6-7,10-13H2,2H3,(H,20,22). The van der Waals surface area contributed by atoms with Crippen LogP contribution in [-0.4, -0.2) is 43.1 Å². The Balaban J connectivity index is 1.79. The van der Waals surface area contributed by atoms with Gasteiger partial charge in [-0.05, 0) is 38.1 Å². The first-order valence-corrected chi connectivity index (χ1v) is 8.09. The second-order valence-corrected chi connectivity index (χ2v) is 5.95. The van der Waals surface area contributed by atoms with Gasteiger partial charge in [-0.15, -0.1) is 6.58 Å². The Kier molecular flexibility index (Phi) is 6.49. The molecule has 1 aliphatic heterocycles. The van der Waals surface area contributed by atoms with Gasteiger partial charge in [-0.2, -0.15) is 0 Å². The molecule has 1 heterocycles. The summed E-state index contributed by atoms with van der Waals surface area (Å²) in [6, 6.07) is 7.89. The zero-order chi connectivity index (χ0) is 15.9. The molecule has 2 rings (SSSR count). The lowest BCUT2D eigenvalue weighted by Gasteiger charge is -2.23. The van der Waals surface area contributed by atoms with Gasteiger partial charge in [-0.25, -0.2) is 0 Å². The molecule has 0 spiro atoms. The van der Waals surface area contributed by atoms with Gasteiger partial charge in [-0.1, -0.05) is 36.9 Å². The van der Waals surface area contributed by atoms with Gasteiger partial charge in [-0.3, -0.25) is 9.69 Å². The molecule has 0 saturated carbocycles. The number of carbonyl (C=O) groups excluding carboxylic acids is 1. The minimum atomic E-state index is -0.263. The summed E-state index contributed by atoms with van der Waals surface area (Å²) in [7, 11) is 2.08. The summed E-state index contributed by atoms with van der Waals surface area (Å²) in [6.07, 6.45) is 4.46. The molecular weight excluding hydrogens is 296 g/mol. The minimum absolute atomic E-state index is 0.228. The quantitative estimate of drug-likeness (QED) is 0.453. The number of para-hydroxylation sites is 1. The molecule has 5 heteroatoms. The van der Waals surface area contributed by atoms with Crippen molar-refractivity contribution in [2.75, 3.05) is 31.6 Å². The molecular formula is C17H24N2O2S. The van der Waals surface area contributed by atoms with Crippen molar-refractivity contribution in [2.45, 2.75) is 25.5 Å². The number of fused-ring (bicyclic) bond motifs is 1. The summed E-state index contributed by atoms with van der Waals surface area (Å²) in [5.41, 5.74) is 2.05. The van der Waals surface area contributed by atoms with Gasteiger partial charge in [0.15, 0.2) is 0 Å². The largest absolute Gasteiger partial charge is 0.358 e. The summed E-state index contributed by atoms with van der Waals surface area (Å²) < 4.78 is 5.92. The van der Waals surface area contributed by atoms with E-state index >= 15 is 0 Å². The fourth-order valence-electron chi connectivity index (χ4n) is 2.73. The summed E-state index contributed by atoms with van der Waals surface area (Å²) in [5, 5.41) is -0.263. The van der Waals surface area contributed by atoms with Crippen LogP contribution in [0, 0.1) is 0 Å². The highest BCUT2D eigenvalue weighted by molar-refractivity contribution is 7.96. The SMILES string of the molecule is C=CCN(C)CCCCOC1Cc2ccccc2N1C(=O)S. The van der Waals surface area contributed by atoms with Crippen molar-refractivity contribution in [1.29, 1.82) is 0 Å². The minimum Gasteiger partial charge on any atom is -0.358 e. The number of ether oxygens (including phenoxy) is 1. The van der Waals surface area contributed by atoms with Crippen LogP contribution < -0.4 is 4.90 Å². The van der Waals surface area contributed by atoms with Crippen molar-refractivity contribution in [3.8, 4) is 0 Å². The lowest BCUT2D eigenvalue weighted by molar-refractivity contribution is 0.0594. The number of unbranched alkanes of at least 4 members (excludes halogenated alkanes) is 1. The average molecular weight is 320 g/mol. The van der Waals surface area contributed by atoms with E-state index in [-0.39, 0.29) is 11.5 Å². The molecule has 1 aromatic rings. The molecule has 4 nitrogen and oxygen atoms in total. The van der Waals surface area contributed by atoms with E-state index < -0.39 is 0 Å². The number of hydrogen-bond donors (Lipinski definition) is 1. The predicted octanol–water partition coefficient (Wildman–Crippen LogP) is 3.34. The topological polar surface area (TPSA) is 32.8 Å². The number of amides is 1. The van der Waals surface area contributed by atoms with E-state index in [1.54, 1.807) is 4.90 Å². The highest BCUT2D eigenvalue weighted by Gasteiger charge is 2.32. The number of nitrogens with zero attached hydrogens (tertiary/aromatic N) is 2. The van der Waals surface area contributed by atoms with Crippen LogP contribution in [0.3, 0.4) is 0 Å². The van der Waals surface area contributed by atoms with E-state index in [0.29, 0.717) is 6.61 Å². The van der Waals surface area contributed by atoms with E-state index in [2.05, 4.69) is 31.2 Å². The summed E-state index contributed by atoms with van der Waals surface area (Å²) in [6.45, 7) is 6.31. The van der Waals surface area contributed by atoms with Crippen molar-refractivity contribution in [3.05, 3.63) is 42.5 Å². The Labute approximate surface area is 138 Å². The lowest BCUT2D eigenvalue weighted by atomic mass is 10.2. The maximum absolute atomic E-state index is 11.8. The first kappa shape index (κ1) is 17.1. The molecule has 1 unspecified atom stereocenters. The van der Waals surface area contributed by atoms with Crippen LogP contribution in [0.5, 0.6) is 0 Å². The van der Waals surface area contributed by atoms with Gasteiger partial charge >= 0.3 is 0 Å². The van der Waals surface area contributed by atoms with Crippen LogP contribution in [0.2, 0.25) is 0 Å². The molecule has 0 N–H and O–H groups in total. The summed E-state index contributed by atoms with van der Waals surface area (Å²) >= 11 is 3.98. The Morgan fingerprint density at radius 3 is 3.00 bits per heavy atom. The van der Waals surface area contributed by atoms with Crippen molar-refractivity contribution < 1.29 is 9.53 Å². The fourth-order valence-corrected chi connectivity index (χ4v) is 2.96. The maximum Gasteiger partial charge on any atom is 0.285 e. The lowest BCUT2D eigenvalue weighted by Crippen LogP contribution is -2.36. The van der Waals surface area contributed by atoms with Crippen molar-refractivity contribution in [3.63, 3.8) is 0 Å². The Hall–Kier alpha value is -1.30. The highest BCUT2D eigenvalue weighted by Crippen LogP contribution is 2.33. The smallest absolute Gasteiger partial charge is 0.285 e. The van der Waals surface area contributed by atoms with Crippen LogP contribution in [0.25, 0.3) is 0 Å². The van der Waals surface area contributed by atoms with Crippen LogP contribution >= 0.6 is 12.6 Å². The highest BCUT2D eigenvalue weighted by atomic mass is 32.1. The predicted molar refractivity (Wildman–Crippen MR) is 93.7 cm³/mol. The van der Waals surface area contributed by atoms with Crippen molar-refractivity contribution in [1.82, 2.24) is 4.90 Å². The Morgan fingerprint density at radius 1 is 1.50 bits per heavy atom. The fraction of sp³-hybridized carbons (Fsp3) is 0.471. The number of likely N-dealkylation sites (N-methyl/N-ethyl adjacent to an activating group) is 1.